The Morgan fingerprint density at radius 3 is 2.32 bits per heavy atom. The molecule has 0 unspecified atom stereocenters. The van der Waals surface area contributed by atoms with E-state index in [9.17, 15) is 0 Å². The molecule has 0 saturated carbocycles. The summed E-state index contributed by atoms with van der Waals surface area (Å²) in [5.74, 6) is 1.48. The lowest BCUT2D eigenvalue weighted by molar-refractivity contribution is 0.0360. The van der Waals surface area contributed by atoms with Gasteiger partial charge in [0.1, 0.15) is 18.0 Å². The van der Waals surface area contributed by atoms with E-state index in [-0.39, 0.29) is 0 Å². The van der Waals surface area contributed by atoms with Crippen LogP contribution in [0.4, 0.5) is 11.6 Å². The fraction of sp³-hybridized carbons (Fsp3) is 0.733. The molecule has 3 rings (SSSR count). The molecular weight excluding hydrogens is 280 g/mol. The molecule has 0 aromatic carbocycles. The van der Waals surface area contributed by atoms with Crippen molar-refractivity contribution < 1.29 is 4.74 Å². The van der Waals surface area contributed by atoms with Gasteiger partial charge in [-0.2, -0.15) is 0 Å². The van der Waals surface area contributed by atoms with Crippen molar-refractivity contribution in [3.05, 3.63) is 12.4 Å². The Balaban J connectivity index is 1.36. The van der Waals surface area contributed by atoms with Crippen molar-refractivity contribution in [2.24, 2.45) is 0 Å². The highest BCUT2D eigenvalue weighted by molar-refractivity contribution is 5.46. The van der Waals surface area contributed by atoms with Crippen molar-refractivity contribution in [1.82, 2.24) is 19.8 Å². The molecule has 2 saturated heterocycles. The Bertz CT molecular complexity index is 457. The van der Waals surface area contributed by atoms with Crippen LogP contribution in [-0.2, 0) is 4.74 Å². The third-order valence-electron chi connectivity index (χ3n) is 4.42. The van der Waals surface area contributed by atoms with E-state index in [1.54, 1.807) is 6.33 Å². The van der Waals surface area contributed by atoms with Crippen molar-refractivity contribution in [2.45, 2.75) is 6.42 Å². The van der Waals surface area contributed by atoms with Gasteiger partial charge in [-0.05, 0) is 19.5 Å². The molecule has 2 fully saturated rings. The topological polar surface area (TPSA) is 70.8 Å². The summed E-state index contributed by atoms with van der Waals surface area (Å²) in [6, 6.07) is 1.86. The highest BCUT2D eigenvalue weighted by atomic mass is 16.5. The van der Waals surface area contributed by atoms with E-state index in [1.807, 2.05) is 6.07 Å². The van der Waals surface area contributed by atoms with Gasteiger partial charge in [-0.3, -0.25) is 9.80 Å². The summed E-state index contributed by atoms with van der Waals surface area (Å²) in [6.07, 6.45) is 2.78. The lowest BCUT2D eigenvalue weighted by Gasteiger charge is -2.36. The quantitative estimate of drug-likeness (QED) is 0.815. The van der Waals surface area contributed by atoms with Crippen molar-refractivity contribution in [1.29, 1.82) is 0 Å². The van der Waals surface area contributed by atoms with Crippen LogP contribution in [0, 0.1) is 0 Å². The zero-order valence-electron chi connectivity index (χ0n) is 13.2. The van der Waals surface area contributed by atoms with Crippen molar-refractivity contribution >= 4 is 11.6 Å². The summed E-state index contributed by atoms with van der Waals surface area (Å²) in [5, 5.41) is 0. The molecule has 1 aromatic rings. The minimum atomic E-state index is 0.540. The first-order valence-electron chi connectivity index (χ1n) is 8.16. The molecule has 7 heteroatoms. The molecule has 0 atom stereocenters. The second-order valence-electron chi connectivity index (χ2n) is 5.94. The highest BCUT2D eigenvalue weighted by Gasteiger charge is 2.18. The first-order valence-corrected chi connectivity index (χ1v) is 8.16. The molecule has 2 aliphatic heterocycles. The first-order chi connectivity index (χ1) is 10.8. The van der Waals surface area contributed by atoms with Crippen molar-refractivity contribution in [2.75, 3.05) is 76.2 Å². The Morgan fingerprint density at radius 1 is 0.955 bits per heavy atom. The molecule has 2 aliphatic rings. The fourth-order valence-electron chi connectivity index (χ4n) is 3.08. The van der Waals surface area contributed by atoms with Gasteiger partial charge in [0, 0.05) is 45.3 Å². The molecule has 22 heavy (non-hydrogen) atoms. The van der Waals surface area contributed by atoms with Crippen LogP contribution < -0.4 is 10.6 Å². The largest absolute Gasteiger partial charge is 0.384 e. The second kappa shape index (κ2) is 7.71. The lowest BCUT2D eigenvalue weighted by Crippen LogP contribution is -2.47. The summed E-state index contributed by atoms with van der Waals surface area (Å²) >= 11 is 0. The number of anilines is 2. The van der Waals surface area contributed by atoms with Gasteiger partial charge < -0.3 is 15.4 Å². The fourth-order valence-corrected chi connectivity index (χ4v) is 3.08. The van der Waals surface area contributed by atoms with Gasteiger partial charge in [0.15, 0.2) is 0 Å². The molecule has 3 heterocycles. The van der Waals surface area contributed by atoms with E-state index in [1.165, 1.54) is 19.5 Å². The number of morpholine rings is 1. The van der Waals surface area contributed by atoms with Gasteiger partial charge in [-0.15, -0.1) is 0 Å². The summed E-state index contributed by atoms with van der Waals surface area (Å²) in [5.41, 5.74) is 5.73. The van der Waals surface area contributed by atoms with E-state index in [2.05, 4.69) is 24.7 Å². The Kier molecular flexibility index (Phi) is 5.42. The maximum Gasteiger partial charge on any atom is 0.134 e. The van der Waals surface area contributed by atoms with Crippen LogP contribution in [0.5, 0.6) is 0 Å². The molecule has 7 nitrogen and oxygen atoms in total. The summed E-state index contributed by atoms with van der Waals surface area (Å²) in [7, 11) is 0. The van der Waals surface area contributed by atoms with E-state index in [0.717, 1.165) is 58.3 Å². The Labute approximate surface area is 132 Å². The maximum absolute atomic E-state index is 5.73. The Hall–Kier alpha value is -1.44. The van der Waals surface area contributed by atoms with E-state index < -0.39 is 0 Å². The average molecular weight is 306 g/mol. The third kappa shape index (κ3) is 4.28. The molecular formula is C15H26N6O. The van der Waals surface area contributed by atoms with Crippen LogP contribution >= 0.6 is 0 Å². The van der Waals surface area contributed by atoms with Crippen LogP contribution in [0.25, 0.3) is 0 Å². The second-order valence-corrected chi connectivity index (χ2v) is 5.94. The standard InChI is InChI=1S/C15H26N6O/c16-14-12-15(18-13-17-14)21-6-4-19(5-7-21)2-1-3-20-8-10-22-11-9-20/h12-13H,1-11H2,(H2,16,17,18). The number of hydrogen-bond acceptors (Lipinski definition) is 7. The van der Waals surface area contributed by atoms with Crippen molar-refractivity contribution in [3.8, 4) is 0 Å². The van der Waals surface area contributed by atoms with Crippen LogP contribution in [0.1, 0.15) is 6.42 Å². The zero-order valence-corrected chi connectivity index (χ0v) is 13.2. The first kappa shape index (κ1) is 15.5. The molecule has 2 N–H and O–H groups in total. The van der Waals surface area contributed by atoms with E-state index in [0.29, 0.717) is 5.82 Å². The number of nitrogen functional groups attached to an aromatic ring is 1. The van der Waals surface area contributed by atoms with Crippen LogP contribution in [-0.4, -0.2) is 85.3 Å². The minimum Gasteiger partial charge on any atom is -0.384 e. The lowest BCUT2D eigenvalue weighted by atomic mass is 10.2. The predicted octanol–water partition coefficient (Wildman–Crippen LogP) is -0.0969. The van der Waals surface area contributed by atoms with Gasteiger partial charge in [0.05, 0.1) is 13.2 Å². The van der Waals surface area contributed by atoms with Gasteiger partial charge in [-0.25, -0.2) is 9.97 Å². The SMILES string of the molecule is Nc1cc(N2CCN(CCCN3CCOCC3)CC2)ncn1. The number of hydrogen-bond donors (Lipinski definition) is 1. The van der Waals surface area contributed by atoms with E-state index >= 15 is 0 Å². The average Bonchev–Trinajstić information content (AvgIpc) is 2.56. The van der Waals surface area contributed by atoms with Crippen molar-refractivity contribution in [3.63, 3.8) is 0 Å². The Morgan fingerprint density at radius 2 is 1.64 bits per heavy atom. The van der Waals surface area contributed by atoms with Crippen LogP contribution in [0.3, 0.4) is 0 Å². The summed E-state index contributed by atoms with van der Waals surface area (Å²) < 4.78 is 5.38. The molecule has 122 valence electrons. The van der Waals surface area contributed by atoms with E-state index in [4.69, 9.17) is 10.5 Å². The monoisotopic (exact) mass is 306 g/mol. The van der Waals surface area contributed by atoms with Crippen LogP contribution in [0.2, 0.25) is 0 Å². The van der Waals surface area contributed by atoms with Gasteiger partial charge in [0.2, 0.25) is 0 Å². The number of rotatable bonds is 5. The summed E-state index contributed by atoms with van der Waals surface area (Å²) in [6.45, 7) is 10.5. The smallest absolute Gasteiger partial charge is 0.134 e. The third-order valence-corrected chi connectivity index (χ3v) is 4.42. The zero-order chi connectivity index (χ0) is 15.2. The van der Waals surface area contributed by atoms with Gasteiger partial charge in [-0.1, -0.05) is 0 Å². The van der Waals surface area contributed by atoms with Gasteiger partial charge >= 0.3 is 0 Å². The predicted molar refractivity (Wildman–Crippen MR) is 87.0 cm³/mol. The normalized spacial score (nSPS) is 21.2. The number of nitrogens with two attached hydrogens (primary N) is 1. The highest BCUT2D eigenvalue weighted by Crippen LogP contribution is 2.14. The van der Waals surface area contributed by atoms with Crippen LogP contribution in [0.15, 0.2) is 12.4 Å². The molecule has 0 spiro atoms. The number of aromatic nitrogens is 2. The number of piperazine rings is 1. The number of ether oxygens (including phenoxy) is 1. The number of nitrogens with zero attached hydrogens (tertiary/aromatic N) is 5. The molecule has 0 bridgehead atoms. The summed E-state index contributed by atoms with van der Waals surface area (Å²) in [4.78, 5) is 15.6. The molecule has 0 amide bonds. The van der Waals surface area contributed by atoms with Gasteiger partial charge in [0.25, 0.3) is 0 Å². The molecule has 0 aliphatic carbocycles. The molecule has 0 radical (unpaired) electrons. The minimum absolute atomic E-state index is 0.540. The maximum atomic E-state index is 5.73. The molecule has 1 aromatic heterocycles.